The van der Waals surface area contributed by atoms with Gasteiger partial charge in [0.25, 0.3) is 0 Å². The lowest BCUT2D eigenvalue weighted by Crippen LogP contribution is -2.25. The van der Waals surface area contributed by atoms with E-state index in [-0.39, 0.29) is 17.0 Å². The van der Waals surface area contributed by atoms with Gasteiger partial charge in [-0.3, -0.25) is 4.79 Å². The quantitative estimate of drug-likeness (QED) is 0.421. The Hall–Kier alpha value is -3.12. The van der Waals surface area contributed by atoms with Crippen LogP contribution in [0.1, 0.15) is 32.3 Å². The maximum absolute atomic E-state index is 13.3. The number of methoxy groups -OCH3 is 1. The number of ether oxygens (including phenoxy) is 1. The number of thiazole rings is 1. The fourth-order valence-corrected chi connectivity index (χ4v) is 5.24. The van der Waals surface area contributed by atoms with Crippen LogP contribution in [0.25, 0.3) is 38.0 Å². The Labute approximate surface area is 178 Å². The van der Waals surface area contributed by atoms with E-state index in [4.69, 9.17) is 4.74 Å². The number of ketones is 1. The van der Waals surface area contributed by atoms with Crippen LogP contribution in [0.2, 0.25) is 0 Å². The number of nitrogens with zero attached hydrogens (tertiary/aromatic N) is 1. The molecular weight excluding hydrogens is 396 g/mol. The highest BCUT2D eigenvalue weighted by atomic mass is 32.1. The van der Waals surface area contributed by atoms with Crippen molar-refractivity contribution in [3.8, 4) is 17.0 Å². The van der Waals surface area contributed by atoms with Crippen molar-refractivity contribution in [3.63, 3.8) is 0 Å². The van der Waals surface area contributed by atoms with E-state index in [9.17, 15) is 9.90 Å². The molecule has 0 amide bonds. The third-order valence-corrected chi connectivity index (χ3v) is 6.60. The SMILES string of the molecule is COc1ccc(-c2[nH]c3ccc4ncsc4c3c2C2=C(O)CC(C)(C)CC2=O)cc1. The number of benzene rings is 2. The molecular formula is C24H22N2O3S. The minimum absolute atomic E-state index is 0.0269. The molecule has 6 heteroatoms. The molecule has 152 valence electrons. The summed E-state index contributed by atoms with van der Waals surface area (Å²) in [4.78, 5) is 21.2. The van der Waals surface area contributed by atoms with Crippen LogP contribution in [0.15, 0.2) is 47.7 Å². The average molecular weight is 419 g/mol. The van der Waals surface area contributed by atoms with Crippen molar-refractivity contribution in [1.82, 2.24) is 9.97 Å². The first kappa shape index (κ1) is 18.9. The van der Waals surface area contributed by atoms with Crippen molar-refractivity contribution in [2.45, 2.75) is 26.7 Å². The number of aromatic nitrogens is 2. The number of aliphatic hydroxyl groups is 1. The molecule has 2 aromatic heterocycles. The highest BCUT2D eigenvalue weighted by molar-refractivity contribution is 7.17. The zero-order chi connectivity index (χ0) is 21.0. The topological polar surface area (TPSA) is 75.2 Å². The number of hydrogen-bond donors (Lipinski definition) is 2. The molecule has 2 N–H and O–H groups in total. The molecule has 0 bridgehead atoms. The van der Waals surface area contributed by atoms with Crippen molar-refractivity contribution < 1.29 is 14.6 Å². The highest BCUT2D eigenvalue weighted by Gasteiger charge is 2.36. The fourth-order valence-electron chi connectivity index (χ4n) is 4.40. The van der Waals surface area contributed by atoms with E-state index >= 15 is 0 Å². The van der Waals surface area contributed by atoms with Crippen molar-refractivity contribution in [2.75, 3.05) is 7.11 Å². The molecule has 1 aliphatic rings. The van der Waals surface area contributed by atoms with Gasteiger partial charge in [-0.05, 0) is 47.4 Å². The van der Waals surface area contributed by atoms with E-state index in [1.807, 2.05) is 55.8 Å². The minimum atomic E-state index is -0.253. The van der Waals surface area contributed by atoms with Crippen molar-refractivity contribution in [3.05, 3.63) is 53.2 Å². The molecule has 5 rings (SSSR count). The van der Waals surface area contributed by atoms with Gasteiger partial charge < -0.3 is 14.8 Å². The lowest BCUT2D eigenvalue weighted by Gasteiger charge is -2.30. The molecule has 0 atom stereocenters. The molecule has 4 aromatic rings. The first-order valence-electron chi connectivity index (χ1n) is 9.86. The van der Waals surface area contributed by atoms with E-state index in [0.29, 0.717) is 18.4 Å². The second-order valence-corrected chi connectivity index (χ2v) is 9.41. The number of aliphatic hydroxyl groups excluding tert-OH is 1. The van der Waals surface area contributed by atoms with E-state index in [1.54, 1.807) is 18.4 Å². The van der Waals surface area contributed by atoms with Gasteiger partial charge in [0.1, 0.15) is 11.5 Å². The van der Waals surface area contributed by atoms with E-state index in [2.05, 4.69) is 9.97 Å². The lowest BCUT2D eigenvalue weighted by molar-refractivity contribution is -0.116. The summed E-state index contributed by atoms with van der Waals surface area (Å²) in [6.07, 6.45) is 0.876. The van der Waals surface area contributed by atoms with Gasteiger partial charge in [0.2, 0.25) is 0 Å². The smallest absolute Gasteiger partial charge is 0.167 e. The average Bonchev–Trinajstić information content (AvgIpc) is 3.31. The number of H-pyrrole nitrogens is 1. The number of rotatable bonds is 3. The highest BCUT2D eigenvalue weighted by Crippen LogP contribution is 2.46. The Bertz CT molecular complexity index is 1330. The van der Waals surface area contributed by atoms with Gasteiger partial charge in [0.05, 0.1) is 34.1 Å². The Morgan fingerprint density at radius 1 is 1.13 bits per heavy atom. The summed E-state index contributed by atoms with van der Waals surface area (Å²) < 4.78 is 6.31. The molecule has 2 heterocycles. The standard InChI is InChI=1S/C24H22N2O3S/c1-24(2)10-17(27)20(18(28)11-24)21-19-15(8-9-16-23(19)30-12-25-16)26-22(21)13-4-6-14(29-3)7-5-13/h4-9,12,26-27H,10-11H2,1-3H3. The number of allylic oxidation sites excluding steroid dienone is 2. The third kappa shape index (κ3) is 2.91. The molecule has 0 unspecified atom stereocenters. The summed E-state index contributed by atoms with van der Waals surface area (Å²) in [5.74, 6) is 0.896. The molecule has 5 nitrogen and oxygen atoms in total. The second kappa shape index (κ2) is 6.71. The van der Waals surface area contributed by atoms with Gasteiger partial charge in [0.15, 0.2) is 5.78 Å². The summed E-state index contributed by atoms with van der Waals surface area (Å²) in [5.41, 5.74) is 6.31. The van der Waals surface area contributed by atoms with Crippen LogP contribution >= 0.6 is 11.3 Å². The van der Waals surface area contributed by atoms with Gasteiger partial charge in [-0.1, -0.05) is 13.8 Å². The zero-order valence-electron chi connectivity index (χ0n) is 17.1. The number of nitrogens with one attached hydrogen (secondary N) is 1. The van der Waals surface area contributed by atoms with Crippen LogP contribution in [-0.2, 0) is 4.79 Å². The predicted octanol–water partition coefficient (Wildman–Crippen LogP) is 6.11. The van der Waals surface area contributed by atoms with Crippen molar-refractivity contribution >= 4 is 43.8 Å². The van der Waals surface area contributed by atoms with Crippen molar-refractivity contribution in [2.24, 2.45) is 5.41 Å². The van der Waals surface area contributed by atoms with E-state index in [1.165, 1.54) is 0 Å². The van der Waals surface area contributed by atoms with Gasteiger partial charge in [-0.25, -0.2) is 4.98 Å². The van der Waals surface area contributed by atoms with Crippen molar-refractivity contribution in [1.29, 1.82) is 0 Å². The Balaban J connectivity index is 1.86. The molecule has 0 fully saturated rings. The maximum atomic E-state index is 13.3. The lowest BCUT2D eigenvalue weighted by atomic mass is 9.74. The molecule has 0 aliphatic heterocycles. The van der Waals surface area contributed by atoms with Gasteiger partial charge >= 0.3 is 0 Å². The number of Topliss-reactive ketones (excluding diaryl/α,β-unsaturated/α-hetero) is 1. The first-order valence-corrected chi connectivity index (χ1v) is 10.7. The molecule has 1 aliphatic carbocycles. The van der Waals surface area contributed by atoms with Crippen LogP contribution in [0, 0.1) is 5.41 Å². The fraction of sp³-hybridized carbons (Fsp3) is 0.250. The van der Waals surface area contributed by atoms with Crippen LogP contribution in [-0.4, -0.2) is 28.0 Å². The summed E-state index contributed by atoms with van der Waals surface area (Å²) in [5, 5.41) is 11.9. The predicted molar refractivity (Wildman–Crippen MR) is 121 cm³/mol. The van der Waals surface area contributed by atoms with E-state index in [0.717, 1.165) is 43.7 Å². The molecule has 30 heavy (non-hydrogen) atoms. The summed E-state index contributed by atoms with van der Waals surface area (Å²) in [7, 11) is 1.63. The maximum Gasteiger partial charge on any atom is 0.167 e. The van der Waals surface area contributed by atoms with Crippen LogP contribution in [0.4, 0.5) is 0 Å². The molecule has 0 saturated carbocycles. The number of aromatic amines is 1. The number of hydrogen-bond acceptors (Lipinski definition) is 5. The van der Waals surface area contributed by atoms with Crippen LogP contribution < -0.4 is 4.74 Å². The summed E-state index contributed by atoms with van der Waals surface area (Å²) in [6.45, 7) is 4.03. The van der Waals surface area contributed by atoms with E-state index < -0.39 is 0 Å². The molecule has 0 radical (unpaired) electrons. The molecule has 0 saturated heterocycles. The number of carbonyl (C=O) groups is 1. The largest absolute Gasteiger partial charge is 0.512 e. The van der Waals surface area contributed by atoms with Crippen LogP contribution in [0.3, 0.4) is 0 Å². The normalized spacial score (nSPS) is 16.6. The molecule has 0 spiro atoms. The number of carbonyl (C=O) groups excluding carboxylic acids is 1. The monoisotopic (exact) mass is 418 g/mol. The molecule has 2 aromatic carbocycles. The van der Waals surface area contributed by atoms with Gasteiger partial charge in [-0.15, -0.1) is 11.3 Å². The minimum Gasteiger partial charge on any atom is -0.512 e. The summed E-state index contributed by atoms with van der Waals surface area (Å²) in [6, 6.07) is 11.7. The first-order chi connectivity index (χ1) is 14.4. The third-order valence-electron chi connectivity index (χ3n) is 5.74. The van der Waals surface area contributed by atoms with Gasteiger partial charge in [0, 0.05) is 29.3 Å². The Morgan fingerprint density at radius 3 is 2.60 bits per heavy atom. The Morgan fingerprint density at radius 2 is 1.90 bits per heavy atom. The van der Waals surface area contributed by atoms with Crippen LogP contribution in [0.5, 0.6) is 5.75 Å². The van der Waals surface area contributed by atoms with Gasteiger partial charge in [-0.2, -0.15) is 0 Å². The number of fused-ring (bicyclic) bond motifs is 3. The summed E-state index contributed by atoms with van der Waals surface area (Å²) >= 11 is 1.55. The zero-order valence-corrected chi connectivity index (χ0v) is 17.9. The Kier molecular flexibility index (Phi) is 4.22. The second-order valence-electron chi connectivity index (χ2n) is 8.55.